The van der Waals surface area contributed by atoms with E-state index in [0.717, 1.165) is 52.2 Å². The van der Waals surface area contributed by atoms with Crippen molar-refractivity contribution in [2.24, 2.45) is 11.7 Å². The molecule has 0 aromatic rings. The van der Waals surface area contributed by atoms with Crippen LogP contribution < -0.4 is 5.73 Å². The molecular weight excluding hydrogens is 242 g/mol. The van der Waals surface area contributed by atoms with E-state index in [4.69, 9.17) is 10.5 Å². The highest BCUT2D eigenvalue weighted by Crippen LogP contribution is 2.09. The van der Waals surface area contributed by atoms with Crippen LogP contribution in [0.5, 0.6) is 0 Å². The standard InChI is InChI=1S/C14H29N3O2/c1-13(12-15)4-5-14(18)17-7-3-6-16(8-9-17)10-11-19-2/h13H,3-12,15H2,1-2H3. The van der Waals surface area contributed by atoms with E-state index in [2.05, 4.69) is 11.8 Å². The van der Waals surface area contributed by atoms with Crippen molar-refractivity contribution in [1.82, 2.24) is 9.80 Å². The fourth-order valence-electron chi connectivity index (χ4n) is 2.31. The second kappa shape index (κ2) is 9.28. The highest BCUT2D eigenvalue weighted by molar-refractivity contribution is 5.76. The van der Waals surface area contributed by atoms with Crippen molar-refractivity contribution in [3.05, 3.63) is 0 Å². The van der Waals surface area contributed by atoms with Crippen molar-refractivity contribution in [2.75, 3.05) is 53.0 Å². The van der Waals surface area contributed by atoms with Crippen molar-refractivity contribution >= 4 is 5.91 Å². The Hall–Kier alpha value is -0.650. The molecule has 2 N–H and O–H groups in total. The lowest BCUT2D eigenvalue weighted by Gasteiger charge is -2.22. The van der Waals surface area contributed by atoms with Crippen LogP contribution in [0.25, 0.3) is 0 Å². The van der Waals surface area contributed by atoms with E-state index in [0.29, 0.717) is 18.9 Å². The van der Waals surface area contributed by atoms with Crippen LogP contribution in [0.3, 0.4) is 0 Å². The number of carbonyl (C=O) groups is 1. The molecule has 0 spiro atoms. The first-order valence-electron chi connectivity index (χ1n) is 7.36. The summed E-state index contributed by atoms with van der Waals surface area (Å²) >= 11 is 0. The second-order valence-corrected chi connectivity index (χ2v) is 5.45. The van der Waals surface area contributed by atoms with Crippen LogP contribution in [0.2, 0.25) is 0 Å². The number of nitrogens with zero attached hydrogens (tertiary/aromatic N) is 2. The maximum absolute atomic E-state index is 12.1. The van der Waals surface area contributed by atoms with Crippen LogP contribution in [-0.2, 0) is 9.53 Å². The molecule has 1 fully saturated rings. The zero-order chi connectivity index (χ0) is 14.1. The van der Waals surface area contributed by atoms with Crippen molar-refractivity contribution in [3.63, 3.8) is 0 Å². The minimum absolute atomic E-state index is 0.286. The number of amides is 1. The lowest BCUT2D eigenvalue weighted by Crippen LogP contribution is -2.36. The van der Waals surface area contributed by atoms with E-state index < -0.39 is 0 Å². The molecule has 5 heteroatoms. The summed E-state index contributed by atoms with van der Waals surface area (Å²) < 4.78 is 5.10. The number of nitrogens with two attached hydrogens (primary N) is 1. The molecule has 0 aliphatic carbocycles. The van der Waals surface area contributed by atoms with Crippen LogP contribution in [0.1, 0.15) is 26.2 Å². The molecule has 1 atom stereocenters. The second-order valence-electron chi connectivity index (χ2n) is 5.45. The van der Waals surface area contributed by atoms with Crippen molar-refractivity contribution in [1.29, 1.82) is 0 Å². The van der Waals surface area contributed by atoms with E-state index in [-0.39, 0.29) is 5.91 Å². The average molecular weight is 271 g/mol. The molecule has 0 aromatic heterocycles. The topological polar surface area (TPSA) is 58.8 Å². The van der Waals surface area contributed by atoms with Crippen LogP contribution in [0.4, 0.5) is 0 Å². The van der Waals surface area contributed by atoms with Crippen molar-refractivity contribution in [2.45, 2.75) is 26.2 Å². The molecular formula is C14H29N3O2. The normalized spacial score (nSPS) is 19.2. The summed E-state index contributed by atoms with van der Waals surface area (Å²) in [6.07, 6.45) is 2.59. The number of hydrogen-bond acceptors (Lipinski definition) is 4. The Kier molecular flexibility index (Phi) is 8.02. The van der Waals surface area contributed by atoms with Gasteiger partial charge in [-0.15, -0.1) is 0 Å². The van der Waals surface area contributed by atoms with Gasteiger partial charge in [-0.25, -0.2) is 0 Å². The highest BCUT2D eigenvalue weighted by atomic mass is 16.5. The first-order valence-corrected chi connectivity index (χ1v) is 7.36. The van der Waals surface area contributed by atoms with Crippen molar-refractivity contribution < 1.29 is 9.53 Å². The van der Waals surface area contributed by atoms with Crippen LogP contribution >= 0.6 is 0 Å². The van der Waals surface area contributed by atoms with Crippen LogP contribution in [-0.4, -0.2) is 68.7 Å². The van der Waals surface area contributed by atoms with E-state index in [1.165, 1.54) is 0 Å². The van der Waals surface area contributed by atoms with Gasteiger partial charge < -0.3 is 15.4 Å². The van der Waals surface area contributed by atoms with Gasteiger partial charge in [0, 0.05) is 39.7 Å². The molecule has 1 heterocycles. The molecule has 1 unspecified atom stereocenters. The lowest BCUT2D eigenvalue weighted by atomic mass is 10.1. The zero-order valence-corrected chi connectivity index (χ0v) is 12.4. The Balaban J connectivity index is 2.29. The Morgan fingerprint density at radius 2 is 2.11 bits per heavy atom. The third-order valence-electron chi connectivity index (χ3n) is 3.81. The predicted molar refractivity (Wildman–Crippen MR) is 77.0 cm³/mol. The quantitative estimate of drug-likeness (QED) is 0.734. The average Bonchev–Trinajstić information content (AvgIpc) is 2.67. The number of carbonyl (C=O) groups excluding carboxylic acids is 1. The Morgan fingerprint density at radius 1 is 1.32 bits per heavy atom. The minimum Gasteiger partial charge on any atom is -0.383 e. The van der Waals surface area contributed by atoms with E-state index in [1.54, 1.807) is 7.11 Å². The van der Waals surface area contributed by atoms with Gasteiger partial charge in [-0.2, -0.15) is 0 Å². The van der Waals surface area contributed by atoms with Gasteiger partial charge in [0.2, 0.25) is 5.91 Å². The Labute approximate surface area is 117 Å². The molecule has 0 aromatic carbocycles. The van der Waals surface area contributed by atoms with E-state index >= 15 is 0 Å². The first kappa shape index (κ1) is 16.4. The molecule has 1 amide bonds. The fourth-order valence-corrected chi connectivity index (χ4v) is 2.31. The molecule has 0 radical (unpaired) electrons. The zero-order valence-electron chi connectivity index (χ0n) is 12.4. The molecule has 1 aliphatic heterocycles. The maximum atomic E-state index is 12.1. The van der Waals surface area contributed by atoms with E-state index in [9.17, 15) is 4.79 Å². The number of hydrogen-bond donors (Lipinski definition) is 1. The molecule has 1 rings (SSSR count). The SMILES string of the molecule is COCCN1CCCN(C(=O)CCC(C)CN)CC1. The first-order chi connectivity index (χ1) is 9.17. The maximum Gasteiger partial charge on any atom is 0.222 e. The van der Waals surface area contributed by atoms with Gasteiger partial charge in [-0.05, 0) is 31.8 Å². The smallest absolute Gasteiger partial charge is 0.222 e. The van der Waals surface area contributed by atoms with Gasteiger partial charge in [0.1, 0.15) is 0 Å². The number of methoxy groups -OCH3 is 1. The van der Waals surface area contributed by atoms with Crippen LogP contribution in [0.15, 0.2) is 0 Å². The third-order valence-corrected chi connectivity index (χ3v) is 3.81. The lowest BCUT2D eigenvalue weighted by molar-refractivity contribution is -0.131. The Bertz CT molecular complexity index is 261. The molecule has 1 aliphatic rings. The number of ether oxygens (including phenoxy) is 1. The highest BCUT2D eigenvalue weighted by Gasteiger charge is 2.18. The minimum atomic E-state index is 0.286. The van der Waals surface area contributed by atoms with Gasteiger partial charge in [0.05, 0.1) is 6.61 Å². The summed E-state index contributed by atoms with van der Waals surface area (Å²) in [5.41, 5.74) is 5.58. The third kappa shape index (κ3) is 6.36. The molecule has 112 valence electrons. The molecule has 0 saturated carbocycles. The Morgan fingerprint density at radius 3 is 2.79 bits per heavy atom. The predicted octanol–water partition coefficient (Wildman–Crippen LogP) is 0.542. The summed E-state index contributed by atoms with van der Waals surface area (Å²) in [7, 11) is 1.73. The van der Waals surface area contributed by atoms with E-state index in [1.807, 2.05) is 4.90 Å². The summed E-state index contributed by atoms with van der Waals surface area (Å²) in [6, 6.07) is 0. The summed E-state index contributed by atoms with van der Waals surface area (Å²) in [5.74, 6) is 0.725. The molecule has 19 heavy (non-hydrogen) atoms. The van der Waals surface area contributed by atoms with Crippen LogP contribution in [0, 0.1) is 5.92 Å². The number of rotatable bonds is 7. The fraction of sp³-hybridized carbons (Fsp3) is 0.929. The van der Waals surface area contributed by atoms with Gasteiger partial charge in [-0.1, -0.05) is 6.92 Å². The van der Waals surface area contributed by atoms with Gasteiger partial charge in [-0.3, -0.25) is 9.69 Å². The molecule has 5 nitrogen and oxygen atoms in total. The largest absolute Gasteiger partial charge is 0.383 e. The summed E-state index contributed by atoms with van der Waals surface area (Å²) in [5, 5.41) is 0. The molecule has 0 bridgehead atoms. The molecule has 1 saturated heterocycles. The monoisotopic (exact) mass is 271 g/mol. The summed E-state index contributed by atoms with van der Waals surface area (Å²) in [6.45, 7) is 8.25. The summed E-state index contributed by atoms with van der Waals surface area (Å²) in [4.78, 5) is 16.5. The van der Waals surface area contributed by atoms with Gasteiger partial charge in [0.25, 0.3) is 0 Å². The van der Waals surface area contributed by atoms with Gasteiger partial charge >= 0.3 is 0 Å². The van der Waals surface area contributed by atoms with Crippen molar-refractivity contribution in [3.8, 4) is 0 Å². The van der Waals surface area contributed by atoms with Gasteiger partial charge in [0.15, 0.2) is 0 Å².